The van der Waals surface area contributed by atoms with Gasteiger partial charge in [0.15, 0.2) is 0 Å². The lowest BCUT2D eigenvalue weighted by Gasteiger charge is -2.25. The molecule has 1 aliphatic rings. The van der Waals surface area contributed by atoms with Crippen LogP contribution in [0, 0.1) is 13.8 Å². The Morgan fingerprint density at radius 2 is 1.42 bits per heavy atom. The number of carbonyl (C=O) groups excluding carboxylic acids is 3. The number of hydrogen-bond acceptors (Lipinski definition) is 5. The van der Waals surface area contributed by atoms with Crippen LogP contribution < -0.4 is 4.31 Å². The highest BCUT2D eigenvalue weighted by atomic mass is 32.2. The fraction of sp³-hybridized carbons (Fsp3) is 0.160. The predicted molar refractivity (Wildman–Crippen MR) is 123 cm³/mol. The largest absolute Gasteiger partial charge is 0.274 e. The van der Waals surface area contributed by atoms with Crippen LogP contribution in [-0.4, -0.2) is 37.6 Å². The fourth-order valence-corrected chi connectivity index (χ4v) is 5.31. The van der Waals surface area contributed by atoms with Crippen molar-refractivity contribution in [3.63, 3.8) is 0 Å². The van der Waals surface area contributed by atoms with Crippen molar-refractivity contribution in [1.82, 2.24) is 4.90 Å². The third kappa shape index (κ3) is 4.05. The molecule has 3 amide bonds. The molecule has 0 N–H and O–H groups in total. The summed E-state index contributed by atoms with van der Waals surface area (Å²) in [6, 6.07) is 19.3. The van der Waals surface area contributed by atoms with Gasteiger partial charge in [-0.3, -0.25) is 19.3 Å². The number of carbonyl (C=O) groups is 3. The Morgan fingerprint density at radius 3 is 2.03 bits per heavy atom. The molecule has 0 unspecified atom stereocenters. The number of fused-ring (bicyclic) bond motifs is 1. The molecule has 0 aliphatic carbocycles. The lowest BCUT2D eigenvalue weighted by Crippen LogP contribution is -2.40. The molecule has 168 valence electrons. The van der Waals surface area contributed by atoms with E-state index in [2.05, 4.69) is 0 Å². The zero-order chi connectivity index (χ0) is 23.8. The van der Waals surface area contributed by atoms with Crippen molar-refractivity contribution in [2.75, 3.05) is 10.8 Å². The topological polar surface area (TPSA) is 91.8 Å². The molecule has 0 saturated carbocycles. The average Bonchev–Trinajstić information content (AvgIpc) is 3.05. The van der Waals surface area contributed by atoms with Gasteiger partial charge in [0.2, 0.25) is 5.91 Å². The minimum atomic E-state index is -4.22. The van der Waals surface area contributed by atoms with Crippen LogP contribution in [0.2, 0.25) is 0 Å². The molecule has 33 heavy (non-hydrogen) atoms. The molecule has 3 aromatic carbocycles. The van der Waals surface area contributed by atoms with Crippen molar-refractivity contribution >= 4 is 33.4 Å². The van der Waals surface area contributed by atoms with Crippen molar-refractivity contribution in [1.29, 1.82) is 0 Å². The first-order chi connectivity index (χ1) is 15.7. The highest BCUT2D eigenvalue weighted by Gasteiger charge is 2.37. The van der Waals surface area contributed by atoms with Gasteiger partial charge in [-0.15, -0.1) is 0 Å². The second kappa shape index (κ2) is 8.63. The van der Waals surface area contributed by atoms with Crippen LogP contribution in [0.1, 0.15) is 38.3 Å². The summed E-state index contributed by atoms with van der Waals surface area (Å²) in [5, 5.41) is 0. The van der Waals surface area contributed by atoms with Crippen LogP contribution in [0.4, 0.5) is 5.69 Å². The summed E-state index contributed by atoms with van der Waals surface area (Å²) in [6.07, 6.45) is -0.342. The third-order valence-corrected chi connectivity index (χ3v) is 7.27. The molecule has 0 spiro atoms. The molecule has 0 fully saturated rings. The Kier molecular flexibility index (Phi) is 5.86. The summed E-state index contributed by atoms with van der Waals surface area (Å²) < 4.78 is 27.8. The van der Waals surface area contributed by atoms with E-state index in [4.69, 9.17) is 0 Å². The molecular weight excluding hydrogens is 440 g/mol. The maximum absolute atomic E-state index is 13.5. The summed E-state index contributed by atoms with van der Waals surface area (Å²) in [4.78, 5) is 39.6. The Morgan fingerprint density at radius 1 is 0.848 bits per heavy atom. The molecule has 0 atom stereocenters. The summed E-state index contributed by atoms with van der Waals surface area (Å²) in [6.45, 7) is 3.30. The highest BCUT2D eigenvalue weighted by molar-refractivity contribution is 7.93. The predicted octanol–water partition coefficient (Wildman–Crippen LogP) is 3.71. The number of rotatable bonds is 6. The van der Waals surface area contributed by atoms with E-state index in [1.54, 1.807) is 68.4 Å². The van der Waals surface area contributed by atoms with E-state index in [1.807, 2.05) is 6.07 Å². The first-order valence-electron chi connectivity index (χ1n) is 10.4. The smallest absolute Gasteiger partial charge is 0.270 e. The summed E-state index contributed by atoms with van der Waals surface area (Å²) >= 11 is 0. The summed E-state index contributed by atoms with van der Waals surface area (Å²) in [7, 11) is -4.22. The molecule has 1 aliphatic heterocycles. The number of anilines is 1. The van der Waals surface area contributed by atoms with Crippen molar-refractivity contribution in [2.45, 2.75) is 25.2 Å². The van der Waals surface area contributed by atoms with E-state index in [1.165, 1.54) is 12.1 Å². The van der Waals surface area contributed by atoms with Gasteiger partial charge in [0.1, 0.15) is 0 Å². The summed E-state index contributed by atoms with van der Waals surface area (Å²) in [5.74, 6) is -1.72. The number of hydrogen-bond donors (Lipinski definition) is 0. The number of amides is 3. The van der Waals surface area contributed by atoms with Gasteiger partial charge in [-0.25, -0.2) is 12.7 Å². The van der Waals surface area contributed by atoms with Crippen LogP contribution >= 0.6 is 0 Å². The van der Waals surface area contributed by atoms with Crippen molar-refractivity contribution in [2.24, 2.45) is 0 Å². The van der Waals surface area contributed by atoms with Crippen LogP contribution in [0.15, 0.2) is 77.7 Å². The second-order valence-corrected chi connectivity index (χ2v) is 9.61. The normalized spacial score (nSPS) is 13.2. The minimum Gasteiger partial charge on any atom is -0.274 e. The standard InChI is InChI=1S/C25H22N2O5S/c1-17-12-13-18(2)22(16-17)27(33(31,32)19-8-4-3-5-9-19)23(28)14-15-26-24(29)20-10-6-7-11-21(20)25(26)30/h3-13,16H,14-15H2,1-2H3. The molecule has 7 nitrogen and oxygen atoms in total. The van der Waals surface area contributed by atoms with Gasteiger partial charge in [0.25, 0.3) is 21.8 Å². The lowest BCUT2D eigenvalue weighted by molar-refractivity contribution is -0.117. The van der Waals surface area contributed by atoms with Crippen LogP contribution in [-0.2, 0) is 14.8 Å². The van der Waals surface area contributed by atoms with E-state index in [9.17, 15) is 22.8 Å². The van der Waals surface area contributed by atoms with Gasteiger partial charge in [-0.05, 0) is 55.3 Å². The zero-order valence-electron chi connectivity index (χ0n) is 18.2. The monoisotopic (exact) mass is 462 g/mol. The SMILES string of the molecule is Cc1ccc(C)c(N(C(=O)CCN2C(=O)c3ccccc3C2=O)S(=O)(=O)c2ccccc2)c1. The second-order valence-electron chi connectivity index (χ2n) is 7.82. The highest BCUT2D eigenvalue weighted by Crippen LogP contribution is 2.29. The van der Waals surface area contributed by atoms with Gasteiger partial charge < -0.3 is 0 Å². The Hall–Kier alpha value is -3.78. The molecule has 0 saturated heterocycles. The molecule has 0 bridgehead atoms. The van der Waals surface area contributed by atoms with Crippen molar-refractivity contribution in [3.05, 3.63) is 95.1 Å². The Bertz CT molecular complexity index is 1330. The number of imide groups is 1. The van der Waals surface area contributed by atoms with E-state index in [0.717, 1.165) is 14.8 Å². The van der Waals surface area contributed by atoms with Crippen molar-refractivity contribution in [3.8, 4) is 0 Å². The van der Waals surface area contributed by atoms with Gasteiger partial charge in [0.05, 0.1) is 21.7 Å². The maximum atomic E-state index is 13.5. The van der Waals surface area contributed by atoms with Gasteiger partial charge >= 0.3 is 0 Å². The minimum absolute atomic E-state index is 0.0278. The number of sulfonamides is 1. The quantitative estimate of drug-likeness (QED) is 0.521. The molecule has 1 heterocycles. The molecule has 8 heteroatoms. The van der Waals surface area contributed by atoms with Gasteiger partial charge in [-0.1, -0.05) is 42.5 Å². The van der Waals surface area contributed by atoms with Gasteiger partial charge in [-0.2, -0.15) is 0 Å². The van der Waals surface area contributed by atoms with E-state index in [-0.39, 0.29) is 34.7 Å². The van der Waals surface area contributed by atoms with Crippen LogP contribution in [0.3, 0.4) is 0 Å². The van der Waals surface area contributed by atoms with E-state index >= 15 is 0 Å². The fourth-order valence-electron chi connectivity index (χ4n) is 3.79. The number of nitrogens with zero attached hydrogens (tertiary/aromatic N) is 2. The molecule has 3 aromatic rings. The van der Waals surface area contributed by atoms with Crippen LogP contribution in [0.25, 0.3) is 0 Å². The van der Waals surface area contributed by atoms with Crippen molar-refractivity contribution < 1.29 is 22.8 Å². The molecular formula is C25H22N2O5S. The van der Waals surface area contributed by atoms with Gasteiger partial charge in [0, 0.05) is 13.0 Å². The van der Waals surface area contributed by atoms with E-state index in [0.29, 0.717) is 5.56 Å². The first-order valence-corrected chi connectivity index (χ1v) is 11.8. The average molecular weight is 463 g/mol. The lowest BCUT2D eigenvalue weighted by atomic mass is 10.1. The van der Waals surface area contributed by atoms with E-state index < -0.39 is 27.7 Å². The Balaban J connectivity index is 1.67. The molecule has 0 radical (unpaired) electrons. The molecule has 0 aromatic heterocycles. The zero-order valence-corrected chi connectivity index (χ0v) is 19.0. The number of benzene rings is 3. The third-order valence-electron chi connectivity index (χ3n) is 5.52. The first kappa shape index (κ1) is 22.4. The summed E-state index contributed by atoms with van der Waals surface area (Å²) in [5.41, 5.74) is 2.19. The Labute approximate surface area is 192 Å². The number of aryl methyl sites for hydroxylation is 2. The maximum Gasteiger partial charge on any atom is 0.270 e. The molecule has 4 rings (SSSR count). The van der Waals surface area contributed by atoms with Crippen LogP contribution in [0.5, 0.6) is 0 Å².